The van der Waals surface area contributed by atoms with E-state index in [0.717, 1.165) is 4.90 Å². The normalized spacial score (nSPS) is 23.9. The Kier molecular flexibility index (Phi) is 4.58. The third-order valence-electron chi connectivity index (χ3n) is 7.28. The predicted molar refractivity (Wildman–Crippen MR) is 125 cm³/mol. The molecule has 9 heteroatoms. The van der Waals surface area contributed by atoms with Gasteiger partial charge in [0, 0.05) is 23.3 Å². The van der Waals surface area contributed by atoms with Crippen molar-refractivity contribution in [2.45, 2.75) is 18.6 Å². The summed E-state index contributed by atoms with van der Waals surface area (Å²) in [7, 11) is 0. The Labute approximate surface area is 204 Å². The van der Waals surface area contributed by atoms with Crippen LogP contribution < -0.4 is 4.90 Å². The van der Waals surface area contributed by atoms with Gasteiger partial charge in [-0.15, -0.1) is 0 Å². The Morgan fingerprint density at radius 3 is 2.06 bits per heavy atom. The van der Waals surface area contributed by atoms with Gasteiger partial charge in [0.2, 0.25) is 29.0 Å². The maximum Gasteiger partial charge on any atom is 0.269 e. The van der Waals surface area contributed by atoms with Crippen LogP contribution in [0.25, 0.3) is 0 Å². The second-order valence-electron chi connectivity index (χ2n) is 9.13. The highest BCUT2D eigenvalue weighted by atomic mass is 16.6. The van der Waals surface area contributed by atoms with E-state index in [4.69, 9.17) is 4.74 Å². The molecule has 178 valence electrons. The number of nitrogens with zero attached hydrogens (tertiary/aromatic N) is 2. The number of carbonyl (C=O) groups is 4. The highest BCUT2D eigenvalue weighted by Gasteiger charge is 2.74. The number of benzene rings is 3. The minimum Gasteiger partial charge on any atom is -0.349 e. The Morgan fingerprint density at radius 1 is 0.861 bits per heavy atom. The fourth-order valence-electron chi connectivity index (χ4n) is 5.70. The molecule has 3 atom stereocenters. The number of hydrogen-bond acceptors (Lipinski definition) is 7. The number of ketones is 2. The molecule has 2 amide bonds. The van der Waals surface area contributed by atoms with E-state index in [9.17, 15) is 29.3 Å². The van der Waals surface area contributed by atoms with Crippen molar-refractivity contribution in [1.82, 2.24) is 0 Å². The number of aryl methyl sites for hydroxylation is 1. The number of hydrogen-bond donors (Lipinski definition) is 0. The Balaban J connectivity index is 1.53. The zero-order chi connectivity index (χ0) is 25.4. The van der Waals surface area contributed by atoms with Crippen LogP contribution in [0.15, 0.2) is 72.8 Å². The first-order valence-corrected chi connectivity index (χ1v) is 11.3. The van der Waals surface area contributed by atoms with Crippen molar-refractivity contribution >= 4 is 34.8 Å². The lowest BCUT2D eigenvalue weighted by Crippen LogP contribution is -2.51. The van der Waals surface area contributed by atoms with E-state index in [1.54, 1.807) is 49.4 Å². The smallest absolute Gasteiger partial charge is 0.269 e. The number of anilines is 1. The highest BCUT2D eigenvalue weighted by Crippen LogP contribution is 2.57. The van der Waals surface area contributed by atoms with Crippen LogP contribution in [0.2, 0.25) is 0 Å². The molecular weight excluding hydrogens is 464 g/mol. The number of carbonyl (C=O) groups excluding carboxylic acids is 4. The number of non-ortho nitro benzene ring substituents is 1. The van der Waals surface area contributed by atoms with Gasteiger partial charge in [0.25, 0.3) is 5.69 Å². The van der Waals surface area contributed by atoms with Gasteiger partial charge in [-0.25, -0.2) is 4.90 Å². The molecule has 9 nitrogen and oxygen atoms in total. The first-order valence-electron chi connectivity index (χ1n) is 11.3. The minimum atomic E-state index is -2.16. The van der Waals surface area contributed by atoms with Gasteiger partial charge in [0.15, 0.2) is 0 Å². The van der Waals surface area contributed by atoms with Crippen molar-refractivity contribution in [2.24, 2.45) is 11.8 Å². The molecule has 0 N–H and O–H groups in total. The van der Waals surface area contributed by atoms with Crippen molar-refractivity contribution in [3.8, 4) is 0 Å². The fourth-order valence-corrected chi connectivity index (χ4v) is 5.70. The van der Waals surface area contributed by atoms with Crippen LogP contribution in [-0.2, 0) is 14.3 Å². The molecule has 6 rings (SSSR count). The molecule has 3 aromatic carbocycles. The SMILES string of the molecule is Cc1cc([N+](=O)[O-])ccc1N1C(=O)[C@@H]2[C@H](c3ccccc3)OC3(C(=O)c4ccccc4C3=O)[C@H]2C1=O. The molecule has 2 saturated heterocycles. The van der Waals surface area contributed by atoms with Gasteiger partial charge in [-0.05, 0) is 24.1 Å². The summed E-state index contributed by atoms with van der Waals surface area (Å²) in [5.41, 5.74) is -0.976. The summed E-state index contributed by atoms with van der Waals surface area (Å²) in [4.78, 5) is 66.8. The van der Waals surface area contributed by atoms with Crippen molar-refractivity contribution < 1.29 is 28.8 Å². The topological polar surface area (TPSA) is 124 Å². The molecule has 1 aliphatic carbocycles. The molecule has 36 heavy (non-hydrogen) atoms. The number of Topliss-reactive ketones (excluding diaryl/α,β-unsaturated/α-hetero) is 2. The maximum absolute atomic E-state index is 13.9. The second-order valence-corrected chi connectivity index (χ2v) is 9.13. The molecule has 2 aliphatic heterocycles. The minimum absolute atomic E-state index is 0.153. The molecule has 2 heterocycles. The van der Waals surface area contributed by atoms with E-state index < -0.39 is 51.8 Å². The van der Waals surface area contributed by atoms with E-state index in [1.165, 1.54) is 30.3 Å². The van der Waals surface area contributed by atoms with Gasteiger partial charge in [0.1, 0.15) is 0 Å². The lowest BCUT2D eigenvalue weighted by molar-refractivity contribution is -0.384. The van der Waals surface area contributed by atoms with E-state index in [2.05, 4.69) is 0 Å². The van der Waals surface area contributed by atoms with Gasteiger partial charge >= 0.3 is 0 Å². The number of ether oxygens (including phenoxy) is 1. The van der Waals surface area contributed by atoms with Gasteiger partial charge in [-0.2, -0.15) is 0 Å². The third-order valence-corrected chi connectivity index (χ3v) is 7.28. The summed E-state index contributed by atoms with van der Waals surface area (Å²) >= 11 is 0. The average Bonchev–Trinajstić information content (AvgIpc) is 3.45. The summed E-state index contributed by atoms with van der Waals surface area (Å²) in [6, 6.07) is 18.8. The van der Waals surface area contributed by atoms with Crippen LogP contribution in [-0.4, -0.2) is 33.9 Å². The van der Waals surface area contributed by atoms with E-state index in [1.807, 2.05) is 0 Å². The Hall–Kier alpha value is -4.50. The maximum atomic E-state index is 13.9. The Bertz CT molecular complexity index is 1480. The van der Waals surface area contributed by atoms with Gasteiger partial charge in [0.05, 0.1) is 28.6 Å². The van der Waals surface area contributed by atoms with Crippen LogP contribution in [0.1, 0.15) is 37.9 Å². The summed E-state index contributed by atoms with van der Waals surface area (Å²) in [5, 5.41) is 11.2. The molecular formula is C27H18N2O7. The number of nitro groups is 1. The van der Waals surface area contributed by atoms with Gasteiger partial charge < -0.3 is 4.74 Å². The van der Waals surface area contributed by atoms with Crippen molar-refractivity contribution in [2.75, 3.05) is 4.90 Å². The number of rotatable bonds is 3. The standard InChI is InChI=1S/C27H18N2O7/c1-14-13-16(29(34)35)11-12-19(14)28-25(32)20-21(26(28)33)27(36-22(20)15-7-3-2-4-8-15)23(30)17-9-5-6-10-18(17)24(27)31/h2-13,20-22H,1H3/t20-,21+,22-/m0/s1. The molecule has 0 saturated carbocycles. The molecule has 0 radical (unpaired) electrons. The van der Waals surface area contributed by atoms with E-state index in [-0.39, 0.29) is 22.5 Å². The highest BCUT2D eigenvalue weighted by molar-refractivity contribution is 6.37. The average molecular weight is 482 g/mol. The Morgan fingerprint density at radius 2 is 1.47 bits per heavy atom. The van der Waals surface area contributed by atoms with Gasteiger partial charge in [-0.3, -0.25) is 29.3 Å². The molecule has 0 unspecified atom stereocenters. The summed E-state index contributed by atoms with van der Waals surface area (Å²) < 4.78 is 6.22. The molecule has 3 aromatic rings. The second kappa shape index (κ2) is 7.50. The number of imide groups is 1. The largest absolute Gasteiger partial charge is 0.349 e. The van der Waals surface area contributed by atoms with Crippen molar-refractivity contribution in [3.63, 3.8) is 0 Å². The van der Waals surface area contributed by atoms with Crippen molar-refractivity contribution in [1.29, 1.82) is 0 Å². The number of nitro benzene ring substituents is 1. The molecule has 3 aliphatic rings. The first-order chi connectivity index (χ1) is 17.3. The van der Waals surface area contributed by atoms with Crippen LogP contribution in [0.5, 0.6) is 0 Å². The zero-order valence-corrected chi connectivity index (χ0v) is 18.9. The zero-order valence-electron chi connectivity index (χ0n) is 18.9. The summed E-state index contributed by atoms with van der Waals surface area (Å²) in [6.07, 6.45) is -1.02. The van der Waals surface area contributed by atoms with Crippen LogP contribution in [0, 0.1) is 28.9 Å². The molecule has 1 spiro atoms. The van der Waals surface area contributed by atoms with E-state index >= 15 is 0 Å². The van der Waals surface area contributed by atoms with E-state index in [0.29, 0.717) is 11.1 Å². The van der Waals surface area contributed by atoms with Crippen LogP contribution in [0.4, 0.5) is 11.4 Å². The molecule has 0 bridgehead atoms. The molecule has 2 fully saturated rings. The predicted octanol–water partition coefficient (Wildman–Crippen LogP) is 3.60. The molecule has 0 aromatic heterocycles. The van der Waals surface area contributed by atoms with Gasteiger partial charge in [-0.1, -0.05) is 54.6 Å². The lowest BCUT2D eigenvalue weighted by atomic mass is 9.77. The number of fused-ring (bicyclic) bond motifs is 3. The first kappa shape index (κ1) is 22.0. The van der Waals surface area contributed by atoms with Crippen LogP contribution >= 0.6 is 0 Å². The monoisotopic (exact) mass is 482 g/mol. The fraction of sp³-hybridized carbons (Fsp3) is 0.185. The third kappa shape index (κ3) is 2.68. The lowest BCUT2D eigenvalue weighted by Gasteiger charge is -2.27. The quantitative estimate of drug-likeness (QED) is 0.242. The summed E-state index contributed by atoms with van der Waals surface area (Å²) in [6.45, 7) is 1.56. The number of amides is 2. The van der Waals surface area contributed by atoms with Crippen molar-refractivity contribution in [3.05, 3.63) is 105 Å². The van der Waals surface area contributed by atoms with Crippen LogP contribution in [0.3, 0.4) is 0 Å². The summed E-state index contributed by atoms with van der Waals surface area (Å²) in [5.74, 6) is -5.15.